The number of pyridine rings is 1. The lowest BCUT2D eigenvalue weighted by Crippen LogP contribution is -2.33. The molecule has 1 aliphatic heterocycles. The van der Waals surface area contributed by atoms with E-state index < -0.39 is 0 Å². The minimum Gasteiger partial charge on any atom is -0.480 e. The Balaban J connectivity index is 1.55. The lowest BCUT2D eigenvalue weighted by molar-refractivity contribution is -0.168. The molecule has 10 heteroatoms. The first-order chi connectivity index (χ1) is 15.1. The Morgan fingerprint density at radius 3 is 2.87 bits per heavy atom. The number of benzene rings is 1. The van der Waals surface area contributed by atoms with Gasteiger partial charge in [-0.05, 0) is 18.6 Å². The van der Waals surface area contributed by atoms with Crippen molar-refractivity contribution in [1.82, 2.24) is 19.7 Å². The summed E-state index contributed by atoms with van der Waals surface area (Å²) in [6.07, 6.45) is 2.94. The first-order valence-corrected chi connectivity index (χ1v) is 10.6. The second kappa shape index (κ2) is 11.2. The van der Waals surface area contributed by atoms with Crippen LogP contribution in [0.2, 0.25) is 0 Å². The Bertz CT molecular complexity index is 929. The third-order valence-corrected chi connectivity index (χ3v) is 5.50. The highest BCUT2D eigenvalue weighted by Crippen LogP contribution is 2.33. The van der Waals surface area contributed by atoms with Crippen molar-refractivity contribution in [2.45, 2.75) is 25.4 Å². The van der Waals surface area contributed by atoms with Crippen molar-refractivity contribution >= 4 is 34.8 Å². The summed E-state index contributed by atoms with van der Waals surface area (Å²) in [4.78, 5) is 21.1. The molecule has 8 nitrogen and oxygen atoms in total. The van der Waals surface area contributed by atoms with Crippen molar-refractivity contribution < 1.29 is 23.0 Å². The molecule has 168 valence electrons. The number of para-hydroxylation sites is 1. The summed E-state index contributed by atoms with van der Waals surface area (Å²) in [7, 11) is 4.59. The fraction of sp³-hybridized carbons (Fsp3) is 0.429. The Labute approximate surface area is 185 Å². The van der Waals surface area contributed by atoms with Crippen LogP contribution in [-0.2, 0) is 14.4 Å². The van der Waals surface area contributed by atoms with E-state index in [1.807, 2.05) is 30.3 Å². The number of nitrogens with one attached hydrogen (secondary N) is 1. The molecule has 1 N–H and O–H groups in total. The largest absolute Gasteiger partial charge is 0.480 e. The maximum atomic E-state index is 13.5. The molecule has 0 saturated carbocycles. The van der Waals surface area contributed by atoms with E-state index in [0.29, 0.717) is 38.4 Å². The molecule has 2 heterocycles. The monoisotopic (exact) mass is 450 g/mol. The van der Waals surface area contributed by atoms with E-state index in [-0.39, 0.29) is 24.4 Å². The molecule has 0 saturated heterocycles. The Morgan fingerprint density at radius 2 is 2.13 bits per heavy atom. The lowest BCUT2D eigenvalue weighted by atomic mass is 10.1. The molecule has 1 unspecified atom stereocenters. The number of fused-ring (bicyclic) bond motifs is 1. The second-order valence-corrected chi connectivity index (χ2v) is 7.51. The molecule has 1 aliphatic rings. The van der Waals surface area contributed by atoms with Crippen molar-refractivity contribution in [3.63, 3.8) is 0 Å². The van der Waals surface area contributed by atoms with Crippen LogP contribution in [-0.4, -0.2) is 60.9 Å². The molecule has 0 bridgehead atoms. The number of halogens is 1. The Morgan fingerprint density at radius 1 is 1.32 bits per heavy atom. The number of hydroxylamine groups is 2. The Hall–Kier alpha value is -2.56. The van der Waals surface area contributed by atoms with Gasteiger partial charge in [0.1, 0.15) is 6.17 Å². The zero-order valence-electron chi connectivity index (χ0n) is 17.8. The highest BCUT2D eigenvalue weighted by atomic mass is 32.2. The molecule has 31 heavy (non-hydrogen) atoms. The lowest BCUT2D eigenvalue weighted by Gasteiger charge is -2.21. The van der Waals surface area contributed by atoms with Crippen LogP contribution in [0.1, 0.15) is 24.8 Å². The van der Waals surface area contributed by atoms with Crippen LogP contribution in [0.4, 0.5) is 3.89 Å². The van der Waals surface area contributed by atoms with E-state index in [9.17, 15) is 8.68 Å². The number of carbonyl (C=O) groups is 1. The molecule has 1 aromatic carbocycles. The van der Waals surface area contributed by atoms with E-state index in [1.54, 1.807) is 20.4 Å². The number of hydrogen-bond donors (Lipinski definition) is 1. The van der Waals surface area contributed by atoms with Crippen molar-refractivity contribution in [1.29, 1.82) is 0 Å². The number of carbonyl (C=O) groups excluding carboxylic acids is 1. The number of amides is 1. The average Bonchev–Trinajstić information content (AvgIpc) is 3.22. The smallest absolute Gasteiger partial charge is 0.245 e. The van der Waals surface area contributed by atoms with Gasteiger partial charge in [0.15, 0.2) is 12.3 Å². The van der Waals surface area contributed by atoms with Gasteiger partial charge in [0.2, 0.25) is 11.8 Å². The topological polar surface area (TPSA) is 76.2 Å². The van der Waals surface area contributed by atoms with Crippen molar-refractivity contribution in [3.8, 4) is 5.88 Å². The van der Waals surface area contributed by atoms with Gasteiger partial charge in [0, 0.05) is 38.1 Å². The highest BCUT2D eigenvalue weighted by Gasteiger charge is 2.27. The number of hydrogen-bond acceptors (Lipinski definition) is 8. The minimum atomic E-state index is -0.276. The number of ether oxygens (including phenoxy) is 2. The summed E-state index contributed by atoms with van der Waals surface area (Å²) in [6.45, 7) is 0.874. The average molecular weight is 451 g/mol. The van der Waals surface area contributed by atoms with Crippen LogP contribution in [0, 0.1) is 0 Å². The quantitative estimate of drug-likeness (QED) is 0.317. The molecule has 0 fully saturated rings. The summed E-state index contributed by atoms with van der Waals surface area (Å²) in [5, 5.41) is 5.50. The SMILES string of the molecule is COc1nc2ccccc2cc1C1=CN(SF)C(CCOCCCC(=O)N(C)OC)N1. The zero-order chi connectivity index (χ0) is 22.2. The maximum absolute atomic E-state index is 13.5. The van der Waals surface area contributed by atoms with E-state index in [0.717, 1.165) is 22.2 Å². The number of nitrogens with zero attached hydrogens (tertiary/aromatic N) is 3. The number of methoxy groups -OCH3 is 1. The molecular weight excluding hydrogens is 423 g/mol. The number of aromatic nitrogens is 1. The normalized spacial score (nSPS) is 15.7. The van der Waals surface area contributed by atoms with Gasteiger partial charge in [-0.25, -0.2) is 10.0 Å². The van der Waals surface area contributed by atoms with Crippen molar-refractivity contribution in [3.05, 3.63) is 42.1 Å². The Kier molecular flexibility index (Phi) is 8.33. The van der Waals surface area contributed by atoms with Crippen molar-refractivity contribution in [2.75, 3.05) is 34.5 Å². The fourth-order valence-electron chi connectivity index (χ4n) is 3.24. The molecule has 3 rings (SSSR count). The van der Waals surface area contributed by atoms with E-state index in [1.165, 1.54) is 16.5 Å². The van der Waals surface area contributed by atoms with Gasteiger partial charge in [-0.2, -0.15) is 0 Å². The standard InChI is InChI=1S/C21H27FN4O4S/c1-25(29-3)20(27)9-6-11-30-12-10-19-23-18(14-26(19)31-22)16-13-15-7-4-5-8-17(15)24-21(16)28-2/h4-5,7-8,13-14,19,23H,6,9-12H2,1-3H3. The molecule has 1 atom stereocenters. The predicted molar refractivity (Wildman–Crippen MR) is 118 cm³/mol. The molecule has 0 radical (unpaired) electrons. The fourth-order valence-corrected chi connectivity index (χ4v) is 3.64. The summed E-state index contributed by atoms with van der Waals surface area (Å²) in [6, 6.07) is 9.74. The first-order valence-electron chi connectivity index (χ1n) is 9.95. The van der Waals surface area contributed by atoms with Gasteiger partial charge >= 0.3 is 0 Å². The summed E-state index contributed by atoms with van der Waals surface area (Å²) in [5.41, 5.74) is 2.33. The number of rotatable bonds is 11. The van der Waals surface area contributed by atoms with Gasteiger partial charge in [-0.1, -0.05) is 18.2 Å². The van der Waals surface area contributed by atoms with Crippen LogP contribution in [0.15, 0.2) is 36.5 Å². The van der Waals surface area contributed by atoms with Gasteiger partial charge in [0.25, 0.3) is 0 Å². The van der Waals surface area contributed by atoms with E-state index in [2.05, 4.69) is 10.3 Å². The van der Waals surface area contributed by atoms with Crippen LogP contribution in [0.5, 0.6) is 5.88 Å². The van der Waals surface area contributed by atoms with Gasteiger partial charge in [0.05, 0.1) is 37.6 Å². The van der Waals surface area contributed by atoms with E-state index >= 15 is 0 Å². The zero-order valence-corrected chi connectivity index (χ0v) is 18.7. The molecular formula is C21H27FN4O4S. The predicted octanol–water partition coefficient (Wildman–Crippen LogP) is 3.51. The summed E-state index contributed by atoms with van der Waals surface area (Å²) in [5.74, 6) is 0.374. The summed E-state index contributed by atoms with van der Waals surface area (Å²) >= 11 is 0.148. The molecule has 2 aromatic rings. The first kappa shape index (κ1) is 23.1. The van der Waals surface area contributed by atoms with Crippen LogP contribution < -0.4 is 10.1 Å². The second-order valence-electron chi connectivity index (χ2n) is 6.95. The third-order valence-electron chi connectivity index (χ3n) is 4.98. The molecule has 1 amide bonds. The maximum Gasteiger partial charge on any atom is 0.245 e. The van der Waals surface area contributed by atoms with Gasteiger partial charge in [-0.15, -0.1) is 3.89 Å². The third kappa shape index (κ3) is 5.78. The van der Waals surface area contributed by atoms with Crippen LogP contribution in [0.3, 0.4) is 0 Å². The van der Waals surface area contributed by atoms with Crippen molar-refractivity contribution in [2.24, 2.45) is 0 Å². The summed E-state index contributed by atoms with van der Waals surface area (Å²) < 4.78 is 26.1. The van der Waals surface area contributed by atoms with Crippen LogP contribution >= 0.6 is 12.3 Å². The van der Waals surface area contributed by atoms with Crippen LogP contribution in [0.25, 0.3) is 16.6 Å². The van der Waals surface area contributed by atoms with E-state index in [4.69, 9.17) is 14.3 Å². The minimum absolute atomic E-state index is 0.102. The molecule has 0 spiro atoms. The molecule has 1 aromatic heterocycles. The molecule has 0 aliphatic carbocycles. The highest BCUT2D eigenvalue weighted by molar-refractivity contribution is 7.92. The van der Waals surface area contributed by atoms with Gasteiger partial charge < -0.3 is 14.8 Å². The van der Waals surface area contributed by atoms with Gasteiger partial charge in [-0.3, -0.25) is 13.9 Å².